The molecule has 0 saturated carbocycles. The third-order valence-electron chi connectivity index (χ3n) is 1.87. The summed E-state index contributed by atoms with van der Waals surface area (Å²) < 4.78 is 17.7. The van der Waals surface area contributed by atoms with Crippen LogP contribution < -0.4 is 4.74 Å². The molecule has 16 heavy (non-hydrogen) atoms. The summed E-state index contributed by atoms with van der Waals surface area (Å²) in [5.41, 5.74) is 0. The molecule has 0 amide bonds. The van der Waals surface area contributed by atoms with E-state index < -0.39 is 11.8 Å². The van der Waals surface area contributed by atoms with E-state index in [-0.39, 0.29) is 18.8 Å². The molecule has 0 radical (unpaired) electrons. The fraction of sp³-hybridized carbons (Fsp3) is 0.273. The van der Waals surface area contributed by atoms with Crippen LogP contribution in [0, 0.1) is 5.82 Å². The van der Waals surface area contributed by atoms with Gasteiger partial charge >= 0.3 is 5.97 Å². The van der Waals surface area contributed by atoms with Crippen LogP contribution in [0.5, 0.6) is 5.75 Å². The third-order valence-corrected chi connectivity index (χ3v) is 1.87. The lowest BCUT2D eigenvalue weighted by Gasteiger charge is -2.04. The SMILES string of the molecule is O=C(O)C(=O)CCCOc1ccc(F)cc1. The Hall–Kier alpha value is -1.91. The molecular weight excluding hydrogens is 215 g/mol. The Morgan fingerprint density at radius 2 is 1.88 bits per heavy atom. The van der Waals surface area contributed by atoms with Crippen molar-refractivity contribution in [1.29, 1.82) is 0 Å². The molecule has 1 rings (SSSR count). The van der Waals surface area contributed by atoms with Gasteiger partial charge in [0.15, 0.2) is 0 Å². The maximum absolute atomic E-state index is 12.5. The van der Waals surface area contributed by atoms with E-state index in [0.29, 0.717) is 12.2 Å². The predicted molar refractivity (Wildman–Crippen MR) is 53.8 cm³/mol. The van der Waals surface area contributed by atoms with E-state index >= 15 is 0 Å². The lowest BCUT2D eigenvalue weighted by atomic mass is 10.2. The highest BCUT2D eigenvalue weighted by atomic mass is 19.1. The second kappa shape index (κ2) is 5.85. The number of aliphatic carboxylic acids is 1. The molecule has 0 unspecified atom stereocenters. The minimum atomic E-state index is -1.43. The molecule has 1 aromatic carbocycles. The van der Waals surface area contributed by atoms with Crippen molar-refractivity contribution in [3.63, 3.8) is 0 Å². The van der Waals surface area contributed by atoms with Crippen molar-refractivity contribution in [2.75, 3.05) is 6.61 Å². The molecule has 0 aliphatic rings. The minimum absolute atomic E-state index is 0.0590. The summed E-state index contributed by atoms with van der Waals surface area (Å²) in [6.07, 6.45) is 0.263. The van der Waals surface area contributed by atoms with Crippen molar-refractivity contribution in [1.82, 2.24) is 0 Å². The maximum atomic E-state index is 12.5. The average molecular weight is 226 g/mol. The fourth-order valence-electron chi connectivity index (χ4n) is 1.06. The fourth-order valence-corrected chi connectivity index (χ4v) is 1.06. The Morgan fingerprint density at radius 3 is 2.44 bits per heavy atom. The Labute approximate surface area is 91.7 Å². The number of hydrogen-bond acceptors (Lipinski definition) is 3. The van der Waals surface area contributed by atoms with E-state index in [1.54, 1.807) is 0 Å². The number of carboxylic acid groups (broad SMARTS) is 1. The highest BCUT2D eigenvalue weighted by Gasteiger charge is 2.10. The first-order chi connectivity index (χ1) is 7.59. The summed E-state index contributed by atoms with van der Waals surface area (Å²) in [7, 11) is 0. The van der Waals surface area contributed by atoms with Gasteiger partial charge in [0.05, 0.1) is 6.61 Å². The summed E-state index contributed by atoms with van der Waals surface area (Å²) in [5, 5.41) is 8.30. The van der Waals surface area contributed by atoms with Gasteiger partial charge in [-0.25, -0.2) is 9.18 Å². The molecule has 0 aromatic heterocycles. The van der Waals surface area contributed by atoms with Gasteiger partial charge in [-0.1, -0.05) is 0 Å². The van der Waals surface area contributed by atoms with Crippen LogP contribution in [0.1, 0.15) is 12.8 Å². The van der Waals surface area contributed by atoms with Gasteiger partial charge in [0.25, 0.3) is 0 Å². The van der Waals surface area contributed by atoms with Crippen LogP contribution in [0.4, 0.5) is 4.39 Å². The smallest absolute Gasteiger partial charge is 0.372 e. The topological polar surface area (TPSA) is 63.6 Å². The normalized spacial score (nSPS) is 9.81. The van der Waals surface area contributed by atoms with Crippen LogP contribution in [-0.4, -0.2) is 23.5 Å². The lowest BCUT2D eigenvalue weighted by molar-refractivity contribution is -0.149. The van der Waals surface area contributed by atoms with Crippen molar-refractivity contribution in [3.05, 3.63) is 30.1 Å². The predicted octanol–water partition coefficient (Wildman–Crippen LogP) is 1.64. The molecule has 5 heteroatoms. The summed E-state index contributed by atoms with van der Waals surface area (Å²) in [6, 6.07) is 5.46. The van der Waals surface area contributed by atoms with E-state index in [1.807, 2.05) is 0 Å². The van der Waals surface area contributed by atoms with E-state index in [9.17, 15) is 14.0 Å². The first-order valence-corrected chi connectivity index (χ1v) is 4.74. The Balaban J connectivity index is 2.23. The highest BCUT2D eigenvalue weighted by molar-refractivity contribution is 6.32. The van der Waals surface area contributed by atoms with Gasteiger partial charge in [0.2, 0.25) is 5.78 Å². The third kappa shape index (κ3) is 4.08. The Kier molecular flexibility index (Phi) is 4.44. The number of rotatable bonds is 6. The number of ether oxygens (including phenoxy) is 1. The number of benzene rings is 1. The zero-order chi connectivity index (χ0) is 12.0. The van der Waals surface area contributed by atoms with Crippen molar-refractivity contribution in [3.8, 4) is 5.75 Å². The van der Waals surface area contributed by atoms with Gasteiger partial charge in [0, 0.05) is 6.42 Å². The zero-order valence-corrected chi connectivity index (χ0v) is 8.48. The number of carboxylic acids is 1. The van der Waals surface area contributed by atoms with Crippen LogP contribution in [0.25, 0.3) is 0 Å². The van der Waals surface area contributed by atoms with Crippen molar-refractivity contribution < 1.29 is 23.8 Å². The van der Waals surface area contributed by atoms with Crippen LogP contribution in [0.15, 0.2) is 24.3 Å². The molecule has 0 atom stereocenters. The largest absolute Gasteiger partial charge is 0.494 e. The Morgan fingerprint density at radius 1 is 1.25 bits per heavy atom. The minimum Gasteiger partial charge on any atom is -0.494 e. The first-order valence-electron chi connectivity index (χ1n) is 4.74. The number of Topliss-reactive ketones (excluding diaryl/α,β-unsaturated/α-hetero) is 1. The molecule has 0 aliphatic carbocycles. The Bertz CT molecular complexity index is 372. The summed E-state index contributed by atoms with van der Waals surface area (Å²) in [6.45, 7) is 0.227. The van der Waals surface area contributed by atoms with E-state index in [0.717, 1.165) is 0 Å². The molecule has 4 nitrogen and oxygen atoms in total. The quantitative estimate of drug-likeness (QED) is 0.591. The van der Waals surface area contributed by atoms with Crippen molar-refractivity contribution >= 4 is 11.8 Å². The molecule has 1 aromatic rings. The maximum Gasteiger partial charge on any atom is 0.372 e. The number of halogens is 1. The van der Waals surface area contributed by atoms with Gasteiger partial charge in [-0.15, -0.1) is 0 Å². The average Bonchev–Trinajstić information content (AvgIpc) is 2.26. The standard InChI is InChI=1S/C11H11FO4/c12-8-3-5-9(6-4-8)16-7-1-2-10(13)11(14)15/h3-6H,1-2,7H2,(H,14,15). The first kappa shape index (κ1) is 12.2. The van der Waals surface area contributed by atoms with Crippen molar-refractivity contribution in [2.24, 2.45) is 0 Å². The number of carbonyl (C=O) groups excluding carboxylic acids is 1. The molecule has 1 N–H and O–H groups in total. The van der Waals surface area contributed by atoms with Crippen LogP contribution in [0.3, 0.4) is 0 Å². The van der Waals surface area contributed by atoms with E-state index in [4.69, 9.17) is 9.84 Å². The number of carbonyl (C=O) groups is 2. The summed E-state index contributed by atoms with van der Waals surface area (Å²) >= 11 is 0. The van der Waals surface area contributed by atoms with Crippen molar-refractivity contribution in [2.45, 2.75) is 12.8 Å². The highest BCUT2D eigenvalue weighted by Crippen LogP contribution is 2.11. The molecule has 0 spiro atoms. The molecule has 0 aliphatic heterocycles. The van der Waals surface area contributed by atoms with E-state index in [1.165, 1.54) is 24.3 Å². The zero-order valence-electron chi connectivity index (χ0n) is 8.48. The second-order valence-corrected chi connectivity index (χ2v) is 3.13. The molecule has 0 bridgehead atoms. The van der Waals surface area contributed by atoms with Crippen LogP contribution >= 0.6 is 0 Å². The molecule has 0 fully saturated rings. The van der Waals surface area contributed by atoms with Gasteiger partial charge < -0.3 is 9.84 Å². The molecule has 86 valence electrons. The molecule has 0 saturated heterocycles. The van der Waals surface area contributed by atoms with Crippen LogP contribution in [-0.2, 0) is 9.59 Å². The monoisotopic (exact) mass is 226 g/mol. The van der Waals surface area contributed by atoms with Gasteiger partial charge in [0.1, 0.15) is 11.6 Å². The number of hydrogen-bond donors (Lipinski definition) is 1. The summed E-state index contributed by atoms with van der Waals surface area (Å²) in [4.78, 5) is 20.9. The molecule has 0 heterocycles. The van der Waals surface area contributed by atoms with E-state index in [2.05, 4.69) is 0 Å². The second-order valence-electron chi connectivity index (χ2n) is 3.13. The number of ketones is 1. The molecular formula is C11H11FO4. The summed E-state index contributed by atoms with van der Waals surface area (Å²) in [5.74, 6) is -2.12. The lowest BCUT2D eigenvalue weighted by Crippen LogP contribution is -2.13. The van der Waals surface area contributed by atoms with Gasteiger partial charge in [-0.05, 0) is 30.7 Å². The van der Waals surface area contributed by atoms with Gasteiger partial charge in [-0.2, -0.15) is 0 Å². The van der Waals surface area contributed by atoms with Crippen LogP contribution in [0.2, 0.25) is 0 Å². The van der Waals surface area contributed by atoms with Gasteiger partial charge in [-0.3, -0.25) is 4.79 Å².